The number of hydrogen-bond acceptors (Lipinski definition) is 9. The largest absolute Gasteiger partial charge is 0.497 e. The first-order valence-corrected chi connectivity index (χ1v) is 17.8. The summed E-state index contributed by atoms with van der Waals surface area (Å²) in [6.45, 7) is 4.39. The van der Waals surface area contributed by atoms with Crippen LogP contribution in [0.1, 0.15) is 85.5 Å². The van der Waals surface area contributed by atoms with Gasteiger partial charge in [0.2, 0.25) is 0 Å². The standard InChI is InChI=1S/C37H43N7O5S/c1-43-24-29(40-34(45)27-11-13-28(39-23-27)12-8-25-9-14-30(48-2)15-10-25)22-31(43)35(46)42-37-41-32(33(50-37)26-6-4-3-5-7-26)36(47)38-16-17-44-18-20-49-21-19-44/h8-15,22-24,26H,3-7,16-21H2,1-2H3,(H,38,47)(H,40,45)(H,41,42,46)/b12-8+. The zero-order chi connectivity index (χ0) is 34.9. The number of hydrogen-bond donors (Lipinski definition) is 3. The van der Waals surface area contributed by atoms with Gasteiger partial charge in [-0.15, -0.1) is 11.3 Å². The highest BCUT2D eigenvalue weighted by molar-refractivity contribution is 7.16. The Kier molecular flexibility index (Phi) is 11.7. The molecule has 4 heterocycles. The van der Waals surface area contributed by atoms with Crippen LogP contribution >= 0.6 is 11.3 Å². The first-order valence-electron chi connectivity index (χ1n) is 17.0. The summed E-state index contributed by atoms with van der Waals surface area (Å²) in [5.74, 6) is 0.0930. The van der Waals surface area contributed by atoms with Crippen LogP contribution in [-0.2, 0) is 11.8 Å². The molecular formula is C37H43N7O5S. The Bertz CT molecular complexity index is 1800. The number of aryl methyl sites for hydroxylation is 1. The van der Waals surface area contributed by atoms with Crippen LogP contribution in [0, 0.1) is 0 Å². The van der Waals surface area contributed by atoms with Crippen LogP contribution in [0.15, 0.2) is 54.9 Å². The van der Waals surface area contributed by atoms with Crippen LogP contribution in [0.4, 0.5) is 10.8 Å². The molecule has 0 radical (unpaired) electrons. The summed E-state index contributed by atoms with van der Waals surface area (Å²) < 4.78 is 12.3. The van der Waals surface area contributed by atoms with Crippen molar-refractivity contribution in [3.05, 3.63) is 87.9 Å². The molecule has 0 atom stereocenters. The summed E-state index contributed by atoms with van der Waals surface area (Å²) in [5.41, 5.74) is 3.29. The monoisotopic (exact) mass is 697 g/mol. The van der Waals surface area contributed by atoms with Crippen molar-refractivity contribution in [1.82, 2.24) is 24.8 Å². The summed E-state index contributed by atoms with van der Waals surface area (Å²) in [7, 11) is 3.36. The molecule has 50 heavy (non-hydrogen) atoms. The maximum absolute atomic E-state index is 13.4. The molecule has 12 nitrogen and oxygen atoms in total. The van der Waals surface area contributed by atoms with E-state index in [0.29, 0.717) is 53.2 Å². The minimum Gasteiger partial charge on any atom is -0.497 e. The SMILES string of the molecule is COc1ccc(/C=C/c2ccc(C(=O)Nc3cc(C(=O)Nc4nc(C(=O)NCCN5CCOCC5)c(C5CCCCC5)s4)n(C)c3)cn2)cc1. The average molecular weight is 698 g/mol. The van der Waals surface area contributed by atoms with Crippen molar-refractivity contribution in [3.8, 4) is 5.75 Å². The second-order valence-electron chi connectivity index (χ2n) is 12.5. The number of methoxy groups -OCH3 is 1. The lowest BCUT2D eigenvalue weighted by Crippen LogP contribution is -2.41. The molecule has 262 valence electrons. The lowest BCUT2D eigenvalue weighted by molar-refractivity contribution is 0.0383. The molecular weight excluding hydrogens is 655 g/mol. The molecule has 6 rings (SSSR count). The Morgan fingerprint density at radius 2 is 1.76 bits per heavy atom. The van der Waals surface area contributed by atoms with Gasteiger partial charge in [-0.2, -0.15) is 0 Å². The number of nitrogens with zero attached hydrogens (tertiary/aromatic N) is 4. The number of pyridine rings is 1. The number of carbonyl (C=O) groups excluding carboxylic acids is 3. The number of morpholine rings is 1. The first-order chi connectivity index (χ1) is 24.4. The number of rotatable bonds is 12. The van der Waals surface area contributed by atoms with Gasteiger partial charge in [-0.25, -0.2) is 4.98 Å². The van der Waals surface area contributed by atoms with Crippen molar-refractivity contribution in [1.29, 1.82) is 0 Å². The molecule has 4 aromatic rings. The van der Waals surface area contributed by atoms with Gasteiger partial charge in [0.25, 0.3) is 17.7 Å². The first kappa shape index (κ1) is 35.0. The Morgan fingerprint density at radius 3 is 2.48 bits per heavy atom. The van der Waals surface area contributed by atoms with Crippen molar-refractivity contribution < 1.29 is 23.9 Å². The lowest BCUT2D eigenvalue weighted by Gasteiger charge is -2.26. The third-order valence-corrected chi connectivity index (χ3v) is 10.1. The van der Waals surface area contributed by atoms with E-state index in [9.17, 15) is 14.4 Å². The highest BCUT2D eigenvalue weighted by Gasteiger charge is 2.27. The number of ether oxygens (including phenoxy) is 2. The van der Waals surface area contributed by atoms with Crippen LogP contribution < -0.4 is 20.7 Å². The molecule has 3 aromatic heterocycles. The van der Waals surface area contributed by atoms with E-state index in [2.05, 4.69) is 30.8 Å². The van der Waals surface area contributed by atoms with Crippen molar-refractivity contribution in [2.45, 2.75) is 38.0 Å². The van der Waals surface area contributed by atoms with Crippen LogP contribution in [0.2, 0.25) is 0 Å². The van der Waals surface area contributed by atoms with Gasteiger partial charge in [-0.3, -0.25) is 29.6 Å². The molecule has 1 aliphatic heterocycles. The van der Waals surface area contributed by atoms with Gasteiger partial charge < -0.3 is 24.7 Å². The summed E-state index contributed by atoms with van der Waals surface area (Å²) in [5, 5.41) is 9.18. The van der Waals surface area contributed by atoms with Gasteiger partial charge in [0, 0.05) is 50.5 Å². The second kappa shape index (κ2) is 16.7. The fraction of sp³-hybridized carbons (Fsp3) is 0.378. The van der Waals surface area contributed by atoms with Crippen LogP contribution in [0.25, 0.3) is 12.2 Å². The van der Waals surface area contributed by atoms with Gasteiger partial charge in [0.1, 0.15) is 17.1 Å². The van der Waals surface area contributed by atoms with Gasteiger partial charge in [-0.05, 0) is 60.7 Å². The number of benzene rings is 1. The van der Waals surface area contributed by atoms with E-state index >= 15 is 0 Å². The Hall–Kier alpha value is -4.85. The molecule has 0 spiro atoms. The molecule has 1 saturated carbocycles. The molecule has 2 fully saturated rings. The number of amides is 3. The quantitative estimate of drug-likeness (QED) is 0.172. The summed E-state index contributed by atoms with van der Waals surface area (Å²) in [4.78, 5) is 52.0. The Morgan fingerprint density at radius 1 is 0.980 bits per heavy atom. The normalized spacial score (nSPS) is 15.6. The molecule has 0 bridgehead atoms. The van der Waals surface area contributed by atoms with Crippen LogP contribution in [0.5, 0.6) is 5.75 Å². The molecule has 2 aliphatic rings. The Balaban J connectivity index is 1.07. The highest BCUT2D eigenvalue weighted by Crippen LogP contribution is 2.39. The van der Waals surface area contributed by atoms with Crippen molar-refractivity contribution in [2.24, 2.45) is 7.05 Å². The summed E-state index contributed by atoms with van der Waals surface area (Å²) in [6.07, 6.45) is 12.4. The molecule has 3 amide bonds. The third-order valence-electron chi connectivity index (χ3n) is 8.99. The third kappa shape index (κ3) is 9.03. The summed E-state index contributed by atoms with van der Waals surface area (Å²) in [6, 6.07) is 12.8. The van der Waals surface area contributed by atoms with Crippen molar-refractivity contribution >= 4 is 52.0 Å². The molecule has 1 saturated heterocycles. The van der Waals surface area contributed by atoms with E-state index in [-0.39, 0.29) is 23.6 Å². The van der Waals surface area contributed by atoms with Gasteiger partial charge >= 0.3 is 0 Å². The molecule has 13 heteroatoms. The zero-order valence-corrected chi connectivity index (χ0v) is 29.3. The molecule has 1 aliphatic carbocycles. The average Bonchev–Trinajstić information content (AvgIpc) is 3.74. The maximum Gasteiger partial charge on any atom is 0.274 e. The zero-order valence-electron chi connectivity index (χ0n) is 28.4. The fourth-order valence-electron chi connectivity index (χ4n) is 6.18. The predicted octanol–water partition coefficient (Wildman–Crippen LogP) is 5.67. The van der Waals surface area contributed by atoms with Gasteiger partial charge in [0.15, 0.2) is 5.13 Å². The number of thiazole rings is 1. The Labute approximate surface area is 295 Å². The smallest absolute Gasteiger partial charge is 0.274 e. The number of carbonyl (C=O) groups is 3. The molecule has 0 unspecified atom stereocenters. The van der Waals surface area contributed by atoms with Crippen molar-refractivity contribution in [2.75, 3.05) is 57.1 Å². The van der Waals surface area contributed by atoms with E-state index in [4.69, 9.17) is 9.47 Å². The van der Waals surface area contributed by atoms with Crippen molar-refractivity contribution in [3.63, 3.8) is 0 Å². The van der Waals surface area contributed by atoms with Crippen LogP contribution in [0.3, 0.4) is 0 Å². The topological polar surface area (TPSA) is 140 Å². The number of nitrogens with one attached hydrogen (secondary N) is 3. The highest BCUT2D eigenvalue weighted by atomic mass is 32.1. The van der Waals surface area contributed by atoms with E-state index in [1.807, 2.05) is 36.4 Å². The van der Waals surface area contributed by atoms with E-state index in [1.54, 1.807) is 43.1 Å². The maximum atomic E-state index is 13.4. The second-order valence-corrected chi connectivity index (χ2v) is 13.5. The number of aromatic nitrogens is 3. The molecule has 3 N–H and O–H groups in total. The number of anilines is 2. The molecule has 1 aromatic carbocycles. The van der Waals surface area contributed by atoms with Gasteiger partial charge in [-0.1, -0.05) is 37.5 Å². The predicted molar refractivity (Wildman–Crippen MR) is 195 cm³/mol. The van der Waals surface area contributed by atoms with Crippen LogP contribution in [-0.4, -0.2) is 83.7 Å². The summed E-state index contributed by atoms with van der Waals surface area (Å²) >= 11 is 1.38. The van der Waals surface area contributed by atoms with E-state index in [0.717, 1.165) is 61.5 Å². The van der Waals surface area contributed by atoms with E-state index < -0.39 is 0 Å². The lowest BCUT2D eigenvalue weighted by atomic mass is 9.87. The minimum absolute atomic E-state index is 0.213. The van der Waals surface area contributed by atoms with Gasteiger partial charge in [0.05, 0.1) is 37.3 Å². The minimum atomic E-state index is -0.383. The van der Waals surface area contributed by atoms with E-state index in [1.165, 1.54) is 24.0 Å². The fourth-order valence-corrected chi connectivity index (χ4v) is 7.31.